The first kappa shape index (κ1) is 14.3. The molecule has 0 atom stereocenters. The molecule has 0 aromatic heterocycles. The first-order valence-electron chi connectivity index (χ1n) is 6.58. The average Bonchev–Trinajstić information content (AvgIpc) is 2.44. The van der Waals surface area contributed by atoms with Gasteiger partial charge in [-0.05, 0) is 60.7 Å². The van der Waals surface area contributed by atoms with Crippen LogP contribution in [0, 0.1) is 19.7 Å². The summed E-state index contributed by atoms with van der Waals surface area (Å²) in [6, 6.07) is 10.8. The number of aryl methyl sites for hydroxylation is 2. The van der Waals surface area contributed by atoms with Crippen LogP contribution >= 0.6 is 0 Å². The van der Waals surface area contributed by atoms with E-state index in [0.717, 1.165) is 23.1 Å². The fourth-order valence-corrected chi connectivity index (χ4v) is 2.28. The zero-order valence-electron chi connectivity index (χ0n) is 12.1. The van der Waals surface area contributed by atoms with Gasteiger partial charge < -0.3 is 5.73 Å². The highest BCUT2D eigenvalue weighted by atomic mass is 19.1. The molecule has 2 aromatic rings. The molecule has 0 fully saturated rings. The standard InChI is InChI=1S/C17H19FN2/c1-11-9-16(17(19)20-3)12(2)8-14(11)10-13-4-6-15(18)7-5-13/h4-9H,10H2,1-3H3,(H2,19,20). The van der Waals surface area contributed by atoms with Gasteiger partial charge in [0.05, 0.1) is 0 Å². The van der Waals surface area contributed by atoms with Crippen LogP contribution in [0.25, 0.3) is 0 Å². The summed E-state index contributed by atoms with van der Waals surface area (Å²) in [5.41, 5.74) is 11.5. The van der Waals surface area contributed by atoms with E-state index < -0.39 is 0 Å². The van der Waals surface area contributed by atoms with E-state index in [2.05, 4.69) is 24.0 Å². The minimum atomic E-state index is -0.205. The smallest absolute Gasteiger partial charge is 0.125 e. The number of hydrogen-bond acceptors (Lipinski definition) is 1. The summed E-state index contributed by atoms with van der Waals surface area (Å²) >= 11 is 0. The SMILES string of the molecule is CN=C(N)c1cc(C)c(Cc2ccc(F)cc2)cc1C. The largest absolute Gasteiger partial charge is 0.384 e. The Labute approximate surface area is 119 Å². The molecule has 2 nitrogen and oxygen atoms in total. The Morgan fingerprint density at radius 1 is 1.10 bits per heavy atom. The Kier molecular flexibility index (Phi) is 4.18. The monoisotopic (exact) mass is 270 g/mol. The van der Waals surface area contributed by atoms with Gasteiger partial charge in [-0.25, -0.2) is 4.39 Å². The Balaban J connectivity index is 2.34. The zero-order valence-corrected chi connectivity index (χ0v) is 12.1. The van der Waals surface area contributed by atoms with Crippen LogP contribution in [0.15, 0.2) is 41.4 Å². The van der Waals surface area contributed by atoms with Gasteiger partial charge in [0.1, 0.15) is 11.7 Å². The van der Waals surface area contributed by atoms with E-state index in [1.807, 2.05) is 19.1 Å². The van der Waals surface area contributed by atoms with Gasteiger partial charge >= 0.3 is 0 Å². The van der Waals surface area contributed by atoms with Crippen LogP contribution in [0.1, 0.15) is 27.8 Å². The lowest BCUT2D eigenvalue weighted by atomic mass is 9.95. The van der Waals surface area contributed by atoms with Crippen molar-refractivity contribution in [2.75, 3.05) is 7.05 Å². The second-order valence-corrected chi connectivity index (χ2v) is 5.01. The molecule has 0 spiro atoms. The lowest BCUT2D eigenvalue weighted by molar-refractivity contribution is 0.627. The minimum Gasteiger partial charge on any atom is -0.384 e. The van der Waals surface area contributed by atoms with Crippen LogP contribution in [0.3, 0.4) is 0 Å². The Morgan fingerprint density at radius 3 is 2.35 bits per heavy atom. The van der Waals surface area contributed by atoms with Gasteiger partial charge in [-0.1, -0.05) is 18.2 Å². The predicted molar refractivity (Wildman–Crippen MR) is 81.8 cm³/mol. The molecule has 0 unspecified atom stereocenters. The van der Waals surface area contributed by atoms with Gasteiger partial charge in [0.2, 0.25) is 0 Å². The number of hydrogen-bond donors (Lipinski definition) is 1. The van der Waals surface area contributed by atoms with Crippen molar-refractivity contribution in [3.8, 4) is 0 Å². The molecule has 0 heterocycles. The number of nitrogens with zero attached hydrogens (tertiary/aromatic N) is 1. The second-order valence-electron chi connectivity index (χ2n) is 5.01. The molecule has 0 aliphatic heterocycles. The number of amidine groups is 1. The second kappa shape index (κ2) is 5.87. The average molecular weight is 270 g/mol. The van der Waals surface area contributed by atoms with Crippen molar-refractivity contribution in [2.24, 2.45) is 10.7 Å². The van der Waals surface area contributed by atoms with Crippen molar-refractivity contribution in [2.45, 2.75) is 20.3 Å². The van der Waals surface area contributed by atoms with Crippen LogP contribution < -0.4 is 5.73 Å². The van der Waals surface area contributed by atoms with Gasteiger partial charge in [-0.2, -0.15) is 0 Å². The number of nitrogens with two attached hydrogens (primary N) is 1. The summed E-state index contributed by atoms with van der Waals surface area (Å²) < 4.78 is 12.9. The molecule has 2 N–H and O–H groups in total. The maximum Gasteiger partial charge on any atom is 0.125 e. The molecule has 0 amide bonds. The summed E-state index contributed by atoms with van der Waals surface area (Å²) in [5, 5.41) is 0. The van der Waals surface area contributed by atoms with E-state index >= 15 is 0 Å². The van der Waals surface area contributed by atoms with Gasteiger partial charge in [-0.3, -0.25) is 4.99 Å². The highest BCUT2D eigenvalue weighted by Gasteiger charge is 2.08. The van der Waals surface area contributed by atoms with Gasteiger partial charge in [0.15, 0.2) is 0 Å². The van der Waals surface area contributed by atoms with E-state index in [-0.39, 0.29) is 5.82 Å². The van der Waals surface area contributed by atoms with E-state index in [0.29, 0.717) is 5.84 Å². The highest BCUT2D eigenvalue weighted by Crippen LogP contribution is 2.19. The number of benzene rings is 2. The molecule has 0 saturated carbocycles. The minimum absolute atomic E-state index is 0.205. The molecule has 0 aliphatic rings. The van der Waals surface area contributed by atoms with Gasteiger partial charge in [0, 0.05) is 12.6 Å². The topological polar surface area (TPSA) is 38.4 Å². The first-order valence-corrected chi connectivity index (χ1v) is 6.58. The summed E-state index contributed by atoms with van der Waals surface area (Å²) in [6.07, 6.45) is 0.788. The van der Waals surface area contributed by atoms with Crippen LogP contribution in [-0.4, -0.2) is 12.9 Å². The number of halogens is 1. The Bertz CT molecular complexity index is 643. The van der Waals surface area contributed by atoms with Crippen molar-refractivity contribution >= 4 is 5.84 Å². The van der Waals surface area contributed by atoms with Crippen molar-refractivity contribution in [3.05, 3.63) is 70.0 Å². The molecule has 3 heteroatoms. The molecule has 2 aromatic carbocycles. The van der Waals surface area contributed by atoms with E-state index in [4.69, 9.17) is 5.73 Å². The van der Waals surface area contributed by atoms with E-state index in [1.54, 1.807) is 7.05 Å². The van der Waals surface area contributed by atoms with Crippen LogP contribution in [0.2, 0.25) is 0 Å². The number of aliphatic imine (C=N–C) groups is 1. The quantitative estimate of drug-likeness (QED) is 0.674. The van der Waals surface area contributed by atoms with Crippen molar-refractivity contribution in [1.82, 2.24) is 0 Å². The first-order chi connectivity index (χ1) is 9.51. The van der Waals surface area contributed by atoms with Crippen LogP contribution in [0.4, 0.5) is 4.39 Å². The molecule has 0 radical (unpaired) electrons. The molecule has 0 saturated heterocycles. The predicted octanol–water partition coefficient (Wildman–Crippen LogP) is 3.37. The fourth-order valence-electron chi connectivity index (χ4n) is 2.28. The third-order valence-electron chi connectivity index (χ3n) is 3.51. The zero-order chi connectivity index (χ0) is 14.7. The normalized spacial score (nSPS) is 11.7. The summed E-state index contributed by atoms with van der Waals surface area (Å²) in [5.74, 6) is 0.350. The third kappa shape index (κ3) is 3.05. The Hall–Kier alpha value is -2.16. The highest BCUT2D eigenvalue weighted by molar-refractivity contribution is 5.98. The summed E-state index contributed by atoms with van der Waals surface area (Å²) in [7, 11) is 1.69. The van der Waals surface area contributed by atoms with Crippen molar-refractivity contribution < 1.29 is 4.39 Å². The van der Waals surface area contributed by atoms with Crippen molar-refractivity contribution in [3.63, 3.8) is 0 Å². The van der Waals surface area contributed by atoms with Gasteiger partial charge in [0.25, 0.3) is 0 Å². The Morgan fingerprint density at radius 2 is 1.75 bits per heavy atom. The molecular formula is C17H19FN2. The lowest BCUT2D eigenvalue weighted by Gasteiger charge is -2.12. The molecule has 0 bridgehead atoms. The molecule has 2 rings (SSSR count). The van der Waals surface area contributed by atoms with Gasteiger partial charge in [-0.15, -0.1) is 0 Å². The molecule has 104 valence electrons. The lowest BCUT2D eigenvalue weighted by Crippen LogP contribution is -2.15. The van der Waals surface area contributed by atoms with Crippen LogP contribution in [-0.2, 0) is 6.42 Å². The van der Waals surface area contributed by atoms with E-state index in [9.17, 15) is 4.39 Å². The molecule has 0 aliphatic carbocycles. The molecular weight excluding hydrogens is 251 g/mol. The maximum atomic E-state index is 12.9. The summed E-state index contributed by atoms with van der Waals surface area (Å²) in [4.78, 5) is 4.04. The molecule has 20 heavy (non-hydrogen) atoms. The fraction of sp³-hybridized carbons (Fsp3) is 0.235. The van der Waals surface area contributed by atoms with E-state index in [1.165, 1.54) is 23.3 Å². The van der Waals surface area contributed by atoms with Crippen molar-refractivity contribution in [1.29, 1.82) is 0 Å². The van der Waals surface area contributed by atoms with Crippen LogP contribution in [0.5, 0.6) is 0 Å². The maximum absolute atomic E-state index is 12.9. The summed E-state index contributed by atoms with van der Waals surface area (Å²) in [6.45, 7) is 4.09. The number of rotatable bonds is 3. The third-order valence-corrected chi connectivity index (χ3v) is 3.51.